The highest BCUT2D eigenvalue weighted by molar-refractivity contribution is 6.21. The van der Waals surface area contributed by atoms with Crippen molar-refractivity contribution in [3.8, 4) is 16.9 Å². The van der Waals surface area contributed by atoms with Crippen molar-refractivity contribution in [3.05, 3.63) is 40.4 Å². The van der Waals surface area contributed by atoms with Crippen molar-refractivity contribution in [1.82, 2.24) is 19.9 Å². The maximum absolute atomic E-state index is 6.22. The van der Waals surface area contributed by atoms with E-state index >= 15 is 0 Å². The third kappa shape index (κ3) is 2.94. The molecule has 1 aliphatic heterocycles. The number of ether oxygens (including phenoxy) is 1. The summed E-state index contributed by atoms with van der Waals surface area (Å²) in [5.41, 5.74) is 13.1. The van der Waals surface area contributed by atoms with Gasteiger partial charge in [0.2, 0.25) is 0 Å². The summed E-state index contributed by atoms with van der Waals surface area (Å²) in [6.45, 7) is 3.83. The van der Waals surface area contributed by atoms with Crippen molar-refractivity contribution in [2.75, 3.05) is 17.7 Å². The summed E-state index contributed by atoms with van der Waals surface area (Å²) in [7, 11) is 3.62. The van der Waals surface area contributed by atoms with Gasteiger partial charge in [0.15, 0.2) is 6.29 Å². The molecule has 1 unspecified atom stereocenters. The summed E-state index contributed by atoms with van der Waals surface area (Å²) in [5.74, 6) is 3.96. The monoisotopic (exact) mass is 446 g/mol. The number of nitrogens with zero attached hydrogens (tertiary/aromatic N) is 4. The van der Waals surface area contributed by atoms with Gasteiger partial charge < -0.3 is 24.9 Å². The largest absolute Gasteiger partial charge is 0.496 e. The first-order valence-corrected chi connectivity index (χ1v) is 11.0. The smallest absolute Gasteiger partial charge is 0.174 e. The summed E-state index contributed by atoms with van der Waals surface area (Å²) < 4.78 is 13.1. The molecule has 1 aliphatic carbocycles. The number of rotatable bonds is 3. The lowest BCUT2D eigenvalue weighted by molar-refractivity contribution is 0.393. The van der Waals surface area contributed by atoms with E-state index in [4.69, 9.17) is 15.0 Å². The van der Waals surface area contributed by atoms with Crippen LogP contribution in [0.25, 0.3) is 22.0 Å². The van der Waals surface area contributed by atoms with E-state index < -0.39 is 6.29 Å². The number of benzene rings is 1. The molecule has 0 bridgehead atoms. The molecule has 10 heteroatoms. The highest BCUT2D eigenvalue weighted by atomic mass is 16.5. The van der Waals surface area contributed by atoms with Crippen molar-refractivity contribution in [2.45, 2.75) is 39.4 Å². The zero-order valence-corrected chi connectivity index (χ0v) is 19.0. The molecule has 0 saturated heterocycles. The Morgan fingerprint density at radius 1 is 1.24 bits per heavy atom. The van der Waals surface area contributed by atoms with Crippen LogP contribution >= 0.6 is 0 Å². The lowest BCUT2D eigenvalue weighted by atomic mass is 10.00. The summed E-state index contributed by atoms with van der Waals surface area (Å²) in [6.07, 6.45) is 2.58. The number of nitrogens with one attached hydrogen (secondary N) is 3. The number of aromatic amines is 1. The number of aryl methyl sites for hydroxylation is 4. The van der Waals surface area contributed by atoms with E-state index in [2.05, 4.69) is 36.9 Å². The Kier molecular flexibility index (Phi) is 4.28. The van der Waals surface area contributed by atoms with Crippen LogP contribution in [0.4, 0.5) is 11.6 Å². The first-order chi connectivity index (χ1) is 15.9. The lowest BCUT2D eigenvalue weighted by Gasteiger charge is -2.21. The van der Waals surface area contributed by atoms with Gasteiger partial charge in [-0.25, -0.2) is 4.99 Å². The topological polar surface area (TPSA) is 131 Å². The minimum Gasteiger partial charge on any atom is -0.496 e. The summed E-state index contributed by atoms with van der Waals surface area (Å²) >= 11 is 0. The van der Waals surface area contributed by atoms with Crippen LogP contribution in [0.5, 0.6) is 5.75 Å². The second-order valence-corrected chi connectivity index (χ2v) is 8.62. The molecule has 0 saturated carbocycles. The number of nitrogens with two attached hydrogens (primary N) is 1. The number of aromatic nitrogens is 4. The molecular formula is C23H26N8O2. The molecule has 10 nitrogen and oxygen atoms in total. The Hall–Kier alpha value is -3.79. The molecule has 4 aromatic rings. The lowest BCUT2D eigenvalue weighted by Crippen LogP contribution is -2.35. The van der Waals surface area contributed by atoms with Crippen LogP contribution in [0.2, 0.25) is 0 Å². The van der Waals surface area contributed by atoms with Crippen LogP contribution in [-0.4, -0.2) is 39.2 Å². The summed E-state index contributed by atoms with van der Waals surface area (Å²) in [4.78, 5) is 8.16. The average molecular weight is 447 g/mol. The van der Waals surface area contributed by atoms with Gasteiger partial charge in [-0.1, -0.05) is 5.16 Å². The number of anilines is 2. The zero-order valence-electron chi connectivity index (χ0n) is 19.0. The fourth-order valence-electron chi connectivity index (χ4n) is 5.07. The van der Waals surface area contributed by atoms with Crippen LogP contribution < -0.4 is 21.1 Å². The van der Waals surface area contributed by atoms with Crippen molar-refractivity contribution in [2.24, 2.45) is 17.8 Å². The molecule has 0 radical (unpaired) electrons. The highest BCUT2D eigenvalue weighted by Crippen LogP contribution is 2.41. The molecular weight excluding hydrogens is 420 g/mol. The van der Waals surface area contributed by atoms with Crippen molar-refractivity contribution in [1.29, 1.82) is 0 Å². The van der Waals surface area contributed by atoms with Crippen LogP contribution in [0, 0.1) is 13.8 Å². The maximum atomic E-state index is 6.22. The standard InChI is InChI=1S/C23H26N8O2/c1-10-18(11(2)33-30-10)14-8-16-13(9-17(14)32-4)19-20(25-16)27-23(24)28-21(19)26-22-12-6-5-7-15(12)29-31(22)3/h8-9,23,25,27H,5-7,24H2,1-4H3,(H,26,28). The SMILES string of the molecule is COc1cc2c3c([nH]c2cc1-c1c(C)noc1C)NC(N)N=C3Nc1c2c(nn1C)CCC2. The molecule has 1 aromatic carbocycles. The molecule has 0 amide bonds. The van der Waals surface area contributed by atoms with Gasteiger partial charge in [-0.15, -0.1) is 0 Å². The Labute approximate surface area is 190 Å². The van der Waals surface area contributed by atoms with E-state index in [0.717, 1.165) is 81.4 Å². The molecule has 5 N–H and O–H groups in total. The minimum absolute atomic E-state index is 0.571. The fourth-order valence-corrected chi connectivity index (χ4v) is 5.07. The number of methoxy groups -OCH3 is 1. The predicted molar refractivity (Wildman–Crippen MR) is 127 cm³/mol. The number of aliphatic imine (C=N–C) groups is 1. The van der Waals surface area contributed by atoms with Gasteiger partial charge in [0.05, 0.1) is 29.6 Å². The minimum atomic E-state index is -0.571. The first-order valence-electron chi connectivity index (χ1n) is 11.0. The molecule has 0 spiro atoms. The van der Waals surface area contributed by atoms with E-state index in [1.165, 1.54) is 5.56 Å². The molecule has 33 heavy (non-hydrogen) atoms. The zero-order chi connectivity index (χ0) is 22.9. The van der Waals surface area contributed by atoms with Gasteiger partial charge in [0, 0.05) is 29.1 Å². The number of hydrogen-bond acceptors (Lipinski definition) is 8. The third-order valence-electron chi connectivity index (χ3n) is 6.52. The van der Waals surface area contributed by atoms with Crippen molar-refractivity contribution >= 4 is 28.4 Å². The van der Waals surface area contributed by atoms with Gasteiger partial charge in [-0.05, 0) is 45.2 Å². The van der Waals surface area contributed by atoms with E-state index in [1.54, 1.807) is 7.11 Å². The molecule has 0 fully saturated rings. The van der Waals surface area contributed by atoms with Crippen LogP contribution in [0.1, 0.15) is 34.7 Å². The number of hydrogen-bond donors (Lipinski definition) is 4. The van der Waals surface area contributed by atoms with E-state index in [1.807, 2.05) is 31.6 Å². The van der Waals surface area contributed by atoms with Gasteiger partial charge in [-0.3, -0.25) is 10.4 Å². The normalized spacial score (nSPS) is 17.0. The molecule has 4 heterocycles. The molecule has 3 aromatic heterocycles. The van der Waals surface area contributed by atoms with E-state index in [9.17, 15) is 0 Å². The predicted octanol–water partition coefficient (Wildman–Crippen LogP) is 3.20. The maximum Gasteiger partial charge on any atom is 0.174 e. The number of fused-ring (bicyclic) bond motifs is 4. The Morgan fingerprint density at radius 3 is 2.85 bits per heavy atom. The molecule has 2 aliphatic rings. The molecule has 1 atom stereocenters. The fraction of sp³-hybridized carbons (Fsp3) is 0.348. The third-order valence-corrected chi connectivity index (χ3v) is 6.52. The Balaban J connectivity index is 1.51. The first kappa shape index (κ1) is 19.9. The number of amidine groups is 1. The van der Waals surface area contributed by atoms with Gasteiger partial charge in [-0.2, -0.15) is 5.10 Å². The average Bonchev–Trinajstić information content (AvgIpc) is 3.52. The second-order valence-electron chi connectivity index (χ2n) is 8.62. The molecule has 170 valence electrons. The van der Waals surface area contributed by atoms with Gasteiger partial charge in [0.1, 0.15) is 29.0 Å². The molecule has 6 rings (SSSR count). The summed E-state index contributed by atoms with van der Waals surface area (Å²) in [5, 5.41) is 16.5. The van der Waals surface area contributed by atoms with Crippen LogP contribution in [0.15, 0.2) is 21.6 Å². The van der Waals surface area contributed by atoms with Gasteiger partial charge >= 0.3 is 0 Å². The van der Waals surface area contributed by atoms with Crippen LogP contribution in [0.3, 0.4) is 0 Å². The van der Waals surface area contributed by atoms with E-state index in [-0.39, 0.29) is 0 Å². The highest BCUT2D eigenvalue weighted by Gasteiger charge is 2.28. The quantitative estimate of drug-likeness (QED) is 0.380. The van der Waals surface area contributed by atoms with Crippen LogP contribution in [-0.2, 0) is 19.9 Å². The van der Waals surface area contributed by atoms with Gasteiger partial charge in [0.25, 0.3) is 0 Å². The Bertz CT molecular complexity index is 1420. The Morgan fingerprint density at radius 2 is 2.09 bits per heavy atom. The van der Waals surface area contributed by atoms with E-state index in [0.29, 0.717) is 5.84 Å². The second kappa shape index (κ2) is 7.11. The van der Waals surface area contributed by atoms with Crippen molar-refractivity contribution < 1.29 is 9.26 Å². The number of H-pyrrole nitrogens is 1. The van der Waals surface area contributed by atoms with Crippen molar-refractivity contribution in [3.63, 3.8) is 0 Å². The summed E-state index contributed by atoms with van der Waals surface area (Å²) in [6, 6.07) is 4.08.